The van der Waals surface area contributed by atoms with Gasteiger partial charge < -0.3 is 24.8 Å². The number of nitrogens with one attached hydrogen (secondary N) is 2. The van der Waals surface area contributed by atoms with Gasteiger partial charge in [-0.2, -0.15) is 0 Å². The molecule has 9 heteroatoms. The fourth-order valence-corrected chi connectivity index (χ4v) is 4.55. The van der Waals surface area contributed by atoms with Crippen LogP contribution in [0.25, 0.3) is 10.9 Å². The third kappa shape index (κ3) is 5.89. The molecule has 2 unspecified atom stereocenters. The van der Waals surface area contributed by atoms with Gasteiger partial charge in [0.15, 0.2) is 0 Å². The Morgan fingerprint density at radius 2 is 2.03 bits per heavy atom. The number of carbonyl (C=O) groups excluding carboxylic acids is 1. The maximum Gasteiger partial charge on any atom is 0.248 e. The van der Waals surface area contributed by atoms with E-state index >= 15 is 0 Å². The van der Waals surface area contributed by atoms with Gasteiger partial charge in [0, 0.05) is 48.4 Å². The number of hydrogen-bond donors (Lipinski definition) is 2. The molecule has 2 saturated heterocycles. The second-order valence-corrected chi connectivity index (χ2v) is 8.80. The molecule has 0 spiro atoms. The molecule has 37 heavy (non-hydrogen) atoms. The van der Waals surface area contributed by atoms with E-state index in [0.717, 1.165) is 29.7 Å². The molecule has 0 saturated carbocycles. The first-order valence-corrected chi connectivity index (χ1v) is 12.3. The Morgan fingerprint density at radius 3 is 2.78 bits per heavy atom. The summed E-state index contributed by atoms with van der Waals surface area (Å²) >= 11 is 0. The number of aromatic nitrogens is 2. The summed E-state index contributed by atoms with van der Waals surface area (Å²) < 4.78 is 17.3. The van der Waals surface area contributed by atoms with Crippen molar-refractivity contribution >= 4 is 34.0 Å². The first kappa shape index (κ1) is 24.7. The van der Waals surface area contributed by atoms with Gasteiger partial charge in [-0.3, -0.25) is 9.69 Å². The van der Waals surface area contributed by atoms with Crippen LogP contribution in [0.15, 0.2) is 54.9 Å². The predicted octanol–water partition coefficient (Wildman–Crippen LogP) is 3.35. The molecule has 2 N–H and O–H groups in total. The number of likely N-dealkylation sites (tertiary alicyclic amines) is 1. The van der Waals surface area contributed by atoms with Crippen molar-refractivity contribution in [3.63, 3.8) is 0 Å². The molecule has 3 aromatic rings. The maximum absolute atomic E-state index is 12.8. The molecular formula is C28H29N5O4. The average molecular weight is 500 g/mol. The van der Waals surface area contributed by atoms with Crippen molar-refractivity contribution in [3.8, 4) is 18.1 Å². The van der Waals surface area contributed by atoms with Gasteiger partial charge in [-0.1, -0.05) is 18.1 Å². The Bertz CT molecular complexity index is 1340. The minimum Gasteiger partial charge on any atom is -0.492 e. The predicted molar refractivity (Wildman–Crippen MR) is 142 cm³/mol. The van der Waals surface area contributed by atoms with Crippen molar-refractivity contribution in [2.75, 3.05) is 50.1 Å². The van der Waals surface area contributed by atoms with Crippen LogP contribution >= 0.6 is 0 Å². The highest BCUT2D eigenvalue weighted by molar-refractivity contribution is 6.03. The monoisotopic (exact) mass is 499 g/mol. The molecule has 2 aliphatic rings. The van der Waals surface area contributed by atoms with Crippen molar-refractivity contribution in [1.29, 1.82) is 0 Å². The van der Waals surface area contributed by atoms with Gasteiger partial charge >= 0.3 is 0 Å². The fourth-order valence-electron chi connectivity index (χ4n) is 4.55. The molecule has 2 fully saturated rings. The third-order valence-electron chi connectivity index (χ3n) is 6.26. The van der Waals surface area contributed by atoms with Crippen LogP contribution in [0.1, 0.15) is 12.5 Å². The minimum absolute atomic E-state index is 0.112. The van der Waals surface area contributed by atoms with Crippen molar-refractivity contribution in [3.05, 3.63) is 60.4 Å². The molecule has 2 aliphatic heterocycles. The van der Waals surface area contributed by atoms with E-state index in [1.54, 1.807) is 6.07 Å². The highest BCUT2D eigenvalue weighted by atomic mass is 16.6. The Balaban J connectivity index is 1.32. The molecule has 190 valence electrons. The Kier molecular flexibility index (Phi) is 7.61. The number of carbonyl (C=O) groups is 1. The smallest absolute Gasteiger partial charge is 0.248 e. The Morgan fingerprint density at radius 1 is 1.22 bits per heavy atom. The number of anilines is 3. The van der Waals surface area contributed by atoms with Crippen LogP contribution in [-0.2, 0) is 14.3 Å². The topological polar surface area (TPSA) is 97.8 Å². The Hall–Kier alpha value is -3.97. The number of benzene rings is 2. The van der Waals surface area contributed by atoms with Crippen LogP contribution in [0.3, 0.4) is 0 Å². The zero-order chi connectivity index (χ0) is 25.6. The molecule has 1 aromatic heterocycles. The highest BCUT2D eigenvalue weighted by Gasteiger charge is 2.35. The first-order chi connectivity index (χ1) is 18.1. The van der Waals surface area contributed by atoms with Gasteiger partial charge in [0.1, 0.15) is 17.9 Å². The van der Waals surface area contributed by atoms with Gasteiger partial charge in [-0.15, -0.1) is 6.42 Å². The second-order valence-electron chi connectivity index (χ2n) is 8.80. The van der Waals surface area contributed by atoms with E-state index in [9.17, 15) is 4.79 Å². The van der Waals surface area contributed by atoms with Crippen molar-refractivity contribution < 1.29 is 19.0 Å². The summed E-state index contributed by atoms with van der Waals surface area (Å²) in [6.07, 6.45) is 10.6. The van der Waals surface area contributed by atoms with E-state index < -0.39 is 0 Å². The molecule has 0 bridgehead atoms. The molecule has 1 amide bonds. The van der Waals surface area contributed by atoms with E-state index in [4.69, 9.17) is 20.6 Å². The molecule has 2 atom stereocenters. The number of amides is 1. The maximum atomic E-state index is 12.8. The van der Waals surface area contributed by atoms with E-state index in [2.05, 4.69) is 31.4 Å². The molecular weight excluding hydrogens is 470 g/mol. The van der Waals surface area contributed by atoms with Crippen molar-refractivity contribution in [2.45, 2.75) is 19.1 Å². The normalized spacial score (nSPS) is 19.5. The van der Waals surface area contributed by atoms with Crippen LogP contribution in [0.5, 0.6) is 5.75 Å². The molecule has 0 aliphatic carbocycles. The molecule has 5 rings (SSSR count). The number of fused-ring (bicyclic) bond motifs is 2. The van der Waals surface area contributed by atoms with Crippen LogP contribution in [0.2, 0.25) is 0 Å². The first-order valence-electron chi connectivity index (χ1n) is 12.3. The van der Waals surface area contributed by atoms with Crippen molar-refractivity contribution in [1.82, 2.24) is 14.9 Å². The van der Waals surface area contributed by atoms with Gasteiger partial charge in [-0.25, -0.2) is 9.97 Å². The van der Waals surface area contributed by atoms with E-state index in [0.29, 0.717) is 49.1 Å². The van der Waals surface area contributed by atoms with E-state index in [1.807, 2.05) is 43.3 Å². The van der Waals surface area contributed by atoms with Crippen LogP contribution in [0.4, 0.5) is 17.2 Å². The standard InChI is InChI=1S/C28H29N5O4/c1-3-19-7-5-8-20(13-19)31-28-21-14-23(24(35-4-2)15-22(21)29-18-30-28)32-27(34)9-6-10-33-16-25-26(17-33)37-12-11-36-25/h1,5-9,13-15,18,25-26H,4,10-12,16-17H2,2H3,(H,32,34)(H,29,30,31). The molecule has 9 nitrogen and oxygen atoms in total. The summed E-state index contributed by atoms with van der Waals surface area (Å²) in [5.74, 6) is 3.51. The van der Waals surface area contributed by atoms with Crippen LogP contribution in [-0.4, -0.2) is 72.4 Å². The minimum atomic E-state index is -0.252. The summed E-state index contributed by atoms with van der Waals surface area (Å²) in [6.45, 7) is 5.86. The lowest BCUT2D eigenvalue weighted by Gasteiger charge is -2.24. The third-order valence-corrected chi connectivity index (χ3v) is 6.26. The lowest BCUT2D eigenvalue weighted by Crippen LogP contribution is -2.36. The molecule has 2 aromatic carbocycles. The number of ether oxygens (including phenoxy) is 3. The highest BCUT2D eigenvalue weighted by Crippen LogP contribution is 2.33. The van der Waals surface area contributed by atoms with Crippen LogP contribution < -0.4 is 15.4 Å². The van der Waals surface area contributed by atoms with Gasteiger partial charge in [0.25, 0.3) is 0 Å². The summed E-state index contributed by atoms with van der Waals surface area (Å²) in [7, 11) is 0. The number of nitrogens with zero attached hydrogens (tertiary/aromatic N) is 3. The summed E-state index contributed by atoms with van der Waals surface area (Å²) in [6, 6.07) is 11.1. The second kappa shape index (κ2) is 11.4. The summed E-state index contributed by atoms with van der Waals surface area (Å²) in [5.41, 5.74) is 2.78. The quantitative estimate of drug-likeness (QED) is 0.360. The lowest BCUT2D eigenvalue weighted by molar-refractivity contribution is -0.116. The Labute approximate surface area is 215 Å². The fraction of sp³-hybridized carbons (Fsp3) is 0.321. The van der Waals surface area contributed by atoms with E-state index in [-0.39, 0.29) is 18.1 Å². The largest absolute Gasteiger partial charge is 0.492 e. The number of terminal acetylenes is 1. The average Bonchev–Trinajstić information content (AvgIpc) is 3.32. The van der Waals surface area contributed by atoms with Gasteiger partial charge in [0.05, 0.1) is 43.2 Å². The molecule has 3 heterocycles. The summed E-state index contributed by atoms with van der Waals surface area (Å²) in [5, 5.41) is 6.98. The zero-order valence-electron chi connectivity index (χ0n) is 20.6. The lowest BCUT2D eigenvalue weighted by atomic mass is 10.1. The zero-order valence-corrected chi connectivity index (χ0v) is 20.6. The SMILES string of the molecule is C#Cc1cccc(Nc2ncnc3cc(OCC)c(NC(=O)C=CCN4CC5OCCOC5C4)cc23)c1. The summed E-state index contributed by atoms with van der Waals surface area (Å²) in [4.78, 5) is 23.8. The van der Waals surface area contributed by atoms with Crippen molar-refractivity contribution in [2.24, 2.45) is 0 Å². The van der Waals surface area contributed by atoms with Crippen LogP contribution in [0, 0.1) is 12.3 Å². The van der Waals surface area contributed by atoms with E-state index in [1.165, 1.54) is 12.4 Å². The number of hydrogen-bond acceptors (Lipinski definition) is 8. The van der Waals surface area contributed by atoms with Gasteiger partial charge in [-0.05, 0) is 31.2 Å². The van der Waals surface area contributed by atoms with Gasteiger partial charge in [0.2, 0.25) is 5.91 Å². The number of rotatable bonds is 8. The molecule has 0 radical (unpaired) electrons.